The fourth-order valence-electron chi connectivity index (χ4n) is 2.60. The summed E-state index contributed by atoms with van der Waals surface area (Å²) in [7, 11) is 0. The largest absolute Gasteiger partial charge is 0.481 e. The number of aromatic nitrogens is 2. The lowest BCUT2D eigenvalue weighted by Crippen LogP contribution is -2.17. The molecule has 1 N–H and O–H groups in total. The molecular weight excluding hydrogens is 382 g/mol. The highest BCUT2D eigenvalue weighted by Gasteiger charge is 2.14. The first-order valence-electron chi connectivity index (χ1n) is 8.14. The average Bonchev–Trinajstić information content (AvgIpc) is 3.36. The fourth-order valence-corrected chi connectivity index (χ4v) is 3.49. The number of carbonyl (C=O) groups is 1. The first-order valence-corrected chi connectivity index (χ1v) is 9.02. The number of rotatable bonds is 6. The summed E-state index contributed by atoms with van der Waals surface area (Å²) in [4.78, 5) is 28.5. The first kappa shape index (κ1) is 17.7. The molecule has 0 unspecified atom stereocenters. The highest BCUT2D eigenvalue weighted by atomic mass is 32.1. The Kier molecular flexibility index (Phi) is 4.73. The molecule has 0 atom stereocenters. The molecule has 0 aliphatic rings. The third kappa shape index (κ3) is 3.42. The van der Waals surface area contributed by atoms with Crippen LogP contribution in [0, 0.1) is 0 Å². The molecule has 140 valence electrons. The van der Waals surface area contributed by atoms with Gasteiger partial charge in [-0.25, -0.2) is 9.78 Å². The summed E-state index contributed by atoms with van der Waals surface area (Å²) in [6, 6.07) is 10.3. The van der Waals surface area contributed by atoms with Gasteiger partial charge in [-0.05, 0) is 24.3 Å². The molecule has 0 amide bonds. The van der Waals surface area contributed by atoms with Gasteiger partial charge in [-0.3, -0.25) is 4.79 Å². The summed E-state index contributed by atoms with van der Waals surface area (Å²) in [5.41, 5.74) is 0.863. The van der Waals surface area contributed by atoms with E-state index in [1.807, 2.05) is 5.38 Å². The molecule has 8 nitrogen and oxygen atoms in total. The second-order valence-electron chi connectivity index (χ2n) is 5.67. The Labute approximate surface area is 162 Å². The van der Waals surface area contributed by atoms with Crippen LogP contribution in [0.5, 0.6) is 5.75 Å². The van der Waals surface area contributed by atoms with Crippen LogP contribution in [0.3, 0.4) is 0 Å². The van der Waals surface area contributed by atoms with E-state index < -0.39 is 12.6 Å². The van der Waals surface area contributed by atoms with Crippen molar-refractivity contribution in [2.45, 2.75) is 0 Å². The lowest BCUT2D eigenvalue weighted by Gasteiger charge is -2.06. The topological polar surface area (TPSA) is 107 Å². The van der Waals surface area contributed by atoms with E-state index in [0.29, 0.717) is 32.9 Å². The van der Waals surface area contributed by atoms with Gasteiger partial charge in [-0.2, -0.15) is 9.78 Å². The Hall–Kier alpha value is -3.72. The third-order valence-corrected chi connectivity index (χ3v) is 4.74. The molecule has 1 aromatic carbocycles. The van der Waals surface area contributed by atoms with E-state index in [4.69, 9.17) is 14.3 Å². The summed E-state index contributed by atoms with van der Waals surface area (Å²) < 4.78 is 11.8. The van der Waals surface area contributed by atoms with Crippen LogP contribution in [0.2, 0.25) is 0 Å². The van der Waals surface area contributed by atoms with Crippen LogP contribution in [0.4, 0.5) is 0 Å². The standard InChI is InChI=1S/C19H13N3O5S/c23-16(24)9-27-14-5-2-1-4-12(14)8-21-22-11-20-18-17(19(22)25)13(10-28-18)15-6-3-7-26-15/h1-8,10-11H,9H2,(H,23,24)/b21-8-. The summed E-state index contributed by atoms with van der Waals surface area (Å²) in [5.74, 6) is -0.151. The molecule has 3 aromatic heterocycles. The van der Waals surface area contributed by atoms with Gasteiger partial charge in [0.1, 0.15) is 22.7 Å². The van der Waals surface area contributed by atoms with Crippen molar-refractivity contribution < 1.29 is 19.1 Å². The van der Waals surface area contributed by atoms with Gasteiger partial charge in [0, 0.05) is 16.5 Å². The van der Waals surface area contributed by atoms with E-state index in [9.17, 15) is 9.59 Å². The zero-order valence-corrected chi connectivity index (χ0v) is 15.1. The smallest absolute Gasteiger partial charge is 0.341 e. The number of hydrogen-bond donors (Lipinski definition) is 1. The number of furan rings is 1. The van der Waals surface area contributed by atoms with Gasteiger partial charge in [0.2, 0.25) is 0 Å². The molecule has 0 saturated heterocycles. The van der Waals surface area contributed by atoms with Crippen molar-refractivity contribution >= 4 is 33.7 Å². The molecule has 9 heteroatoms. The van der Waals surface area contributed by atoms with Gasteiger partial charge in [0.15, 0.2) is 6.61 Å². The number of hydrogen-bond acceptors (Lipinski definition) is 7. The summed E-state index contributed by atoms with van der Waals surface area (Å²) in [5, 5.41) is 15.2. The van der Waals surface area contributed by atoms with Crippen LogP contribution in [-0.4, -0.2) is 33.6 Å². The van der Waals surface area contributed by atoms with Gasteiger partial charge in [-0.1, -0.05) is 12.1 Å². The first-order chi connectivity index (χ1) is 13.6. The highest BCUT2D eigenvalue weighted by molar-refractivity contribution is 7.17. The maximum atomic E-state index is 12.9. The van der Waals surface area contributed by atoms with E-state index in [0.717, 1.165) is 4.68 Å². The number of nitrogens with zero attached hydrogens (tertiary/aromatic N) is 3. The molecule has 4 rings (SSSR count). The monoisotopic (exact) mass is 395 g/mol. The Morgan fingerprint density at radius 1 is 1.32 bits per heavy atom. The molecular formula is C19H13N3O5S. The Morgan fingerprint density at radius 3 is 2.96 bits per heavy atom. The van der Waals surface area contributed by atoms with Crippen molar-refractivity contribution in [1.29, 1.82) is 0 Å². The number of carboxylic acid groups (broad SMARTS) is 1. The highest BCUT2D eigenvalue weighted by Crippen LogP contribution is 2.30. The summed E-state index contributed by atoms with van der Waals surface area (Å²) in [6.07, 6.45) is 4.30. The van der Waals surface area contributed by atoms with Gasteiger partial charge >= 0.3 is 5.97 Å². The minimum atomic E-state index is -1.08. The molecule has 0 aliphatic carbocycles. The van der Waals surface area contributed by atoms with E-state index in [-0.39, 0.29) is 5.56 Å². The molecule has 0 aliphatic heterocycles. The van der Waals surface area contributed by atoms with Crippen molar-refractivity contribution in [3.05, 3.63) is 70.3 Å². The minimum absolute atomic E-state index is 0.335. The summed E-state index contributed by atoms with van der Waals surface area (Å²) in [6.45, 7) is -0.472. The molecule has 28 heavy (non-hydrogen) atoms. The number of ether oxygens (including phenoxy) is 1. The van der Waals surface area contributed by atoms with Crippen molar-refractivity contribution in [3.8, 4) is 17.1 Å². The van der Waals surface area contributed by atoms with Crippen LogP contribution in [-0.2, 0) is 4.79 Å². The maximum Gasteiger partial charge on any atom is 0.341 e. The predicted octanol–water partition coefficient (Wildman–Crippen LogP) is 3.06. The predicted molar refractivity (Wildman–Crippen MR) is 104 cm³/mol. The minimum Gasteiger partial charge on any atom is -0.481 e. The van der Waals surface area contributed by atoms with Crippen LogP contribution in [0.25, 0.3) is 21.5 Å². The Balaban J connectivity index is 1.71. The lowest BCUT2D eigenvalue weighted by molar-refractivity contribution is -0.139. The van der Waals surface area contributed by atoms with E-state index in [2.05, 4.69) is 10.1 Å². The van der Waals surface area contributed by atoms with Gasteiger partial charge in [0.25, 0.3) is 5.56 Å². The van der Waals surface area contributed by atoms with Crippen LogP contribution < -0.4 is 10.3 Å². The van der Waals surface area contributed by atoms with Crippen LogP contribution in [0.15, 0.2) is 68.7 Å². The van der Waals surface area contributed by atoms with Crippen LogP contribution >= 0.6 is 11.3 Å². The lowest BCUT2D eigenvalue weighted by atomic mass is 10.2. The second kappa shape index (κ2) is 7.49. The number of thiophene rings is 1. The maximum absolute atomic E-state index is 12.9. The number of aliphatic carboxylic acids is 1. The fraction of sp³-hybridized carbons (Fsp3) is 0.0526. The van der Waals surface area contributed by atoms with Gasteiger partial charge in [-0.15, -0.1) is 11.3 Å². The molecule has 3 heterocycles. The molecule has 4 aromatic rings. The van der Waals surface area contributed by atoms with Crippen molar-refractivity contribution in [3.63, 3.8) is 0 Å². The number of benzene rings is 1. The normalized spacial score (nSPS) is 11.3. The quantitative estimate of drug-likeness (QED) is 0.503. The van der Waals surface area contributed by atoms with Gasteiger partial charge < -0.3 is 14.3 Å². The zero-order valence-electron chi connectivity index (χ0n) is 14.3. The van der Waals surface area contributed by atoms with E-state index in [1.54, 1.807) is 42.7 Å². The molecule has 0 fully saturated rings. The molecule has 0 radical (unpaired) electrons. The van der Waals surface area contributed by atoms with Crippen molar-refractivity contribution in [2.75, 3.05) is 6.61 Å². The van der Waals surface area contributed by atoms with E-state index >= 15 is 0 Å². The molecule has 0 saturated carbocycles. The number of fused-ring (bicyclic) bond motifs is 1. The Bertz CT molecular complexity index is 1220. The van der Waals surface area contributed by atoms with Crippen LogP contribution in [0.1, 0.15) is 5.56 Å². The van der Waals surface area contributed by atoms with Crippen molar-refractivity contribution in [1.82, 2.24) is 9.66 Å². The van der Waals surface area contributed by atoms with E-state index in [1.165, 1.54) is 23.9 Å². The molecule has 0 bridgehead atoms. The zero-order chi connectivity index (χ0) is 19.5. The summed E-state index contributed by atoms with van der Waals surface area (Å²) >= 11 is 1.35. The SMILES string of the molecule is O=C(O)COc1ccccc1/C=N\n1cnc2scc(-c3ccco3)c2c1=O. The third-order valence-electron chi connectivity index (χ3n) is 3.86. The average molecular weight is 395 g/mol. The second-order valence-corrected chi connectivity index (χ2v) is 6.52. The Morgan fingerprint density at radius 2 is 2.18 bits per heavy atom. The van der Waals surface area contributed by atoms with Gasteiger partial charge in [0.05, 0.1) is 17.9 Å². The molecule has 0 spiro atoms. The number of carboxylic acids is 1. The number of para-hydroxylation sites is 1. The van der Waals surface area contributed by atoms with Crippen molar-refractivity contribution in [2.24, 2.45) is 5.10 Å².